The normalized spacial score (nSPS) is 30.3. The Bertz CT molecular complexity index is 313. The van der Waals surface area contributed by atoms with Gasteiger partial charge in [-0.2, -0.15) is 0 Å². The van der Waals surface area contributed by atoms with Crippen LogP contribution in [0.15, 0.2) is 0 Å². The summed E-state index contributed by atoms with van der Waals surface area (Å²) in [6.45, 7) is 10.2. The predicted molar refractivity (Wildman–Crippen MR) is 86.0 cm³/mol. The molecule has 2 heteroatoms. The molecule has 2 aliphatic carbocycles. The first kappa shape index (κ1) is 14.8. The van der Waals surface area contributed by atoms with Gasteiger partial charge in [-0.3, -0.25) is 0 Å². The van der Waals surface area contributed by atoms with Crippen molar-refractivity contribution in [1.29, 1.82) is 0 Å². The molecule has 0 aromatic rings. The number of nitrogens with one attached hydrogen (secondary N) is 1. The summed E-state index contributed by atoms with van der Waals surface area (Å²) in [6.07, 6.45) is 12.9. The molecule has 0 atom stereocenters. The summed E-state index contributed by atoms with van der Waals surface area (Å²) in [5.74, 6) is 0. The van der Waals surface area contributed by atoms with Gasteiger partial charge in [0, 0.05) is 19.1 Å². The van der Waals surface area contributed by atoms with Gasteiger partial charge < -0.3 is 10.2 Å². The van der Waals surface area contributed by atoms with Crippen molar-refractivity contribution in [1.82, 2.24) is 10.2 Å². The van der Waals surface area contributed by atoms with Crippen LogP contribution in [-0.4, -0.2) is 37.1 Å². The molecule has 20 heavy (non-hydrogen) atoms. The third-order valence-electron chi connectivity index (χ3n) is 6.00. The molecule has 3 fully saturated rings. The second-order valence-electron chi connectivity index (χ2n) is 8.66. The minimum atomic E-state index is 0.573. The maximum Gasteiger partial charge on any atom is 0.00684 e. The first-order chi connectivity index (χ1) is 9.57. The van der Waals surface area contributed by atoms with Gasteiger partial charge in [0.25, 0.3) is 0 Å². The Morgan fingerprint density at radius 3 is 2.40 bits per heavy atom. The van der Waals surface area contributed by atoms with Crippen molar-refractivity contribution in [2.24, 2.45) is 10.8 Å². The number of nitrogens with zero attached hydrogens (tertiary/aromatic N) is 1. The van der Waals surface area contributed by atoms with Gasteiger partial charge in [-0.25, -0.2) is 0 Å². The summed E-state index contributed by atoms with van der Waals surface area (Å²) in [5.41, 5.74) is 1.18. The lowest BCUT2D eigenvalue weighted by atomic mass is 9.84. The van der Waals surface area contributed by atoms with E-state index >= 15 is 0 Å². The molecule has 1 saturated heterocycles. The van der Waals surface area contributed by atoms with Crippen LogP contribution >= 0.6 is 0 Å². The van der Waals surface area contributed by atoms with Gasteiger partial charge in [-0.1, -0.05) is 26.7 Å². The van der Waals surface area contributed by atoms with Crippen LogP contribution in [0.3, 0.4) is 0 Å². The topological polar surface area (TPSA) is 15.3 Å². The molecule has 0 aromatic heterocycles. The van der Waals surface area contributed by atoms with Crippen molar-refractivity contribution in [3.05, 3.63) is 0 Å². The Kier molecular flexibility index (Phi) is 4.42. The highest BCUT2D eigenvalue weighted by atomic mass is 15.1. The summed E-state index contributed by atoms with van der Waals surface area (Å²) >= 11 is 0. The van der Waals surface area contributed by atoms with Crippen molar-refractivity contribution >= 4 is 0 Å². The van der Waals surface area contributed by atoms with Crippen molar-refractivity contribution in [3.8, 4) is 0 Å². The Morgan fingerprint density at radius 1 is 0.950 bits per heavy atom. The third kappa shape index (κ3) is 3.98. The van der Waals surface area contributed by atoms with E-state index in [-0.39, 0.29) is 0 Å². The second-order valence-corrected chi connectivity index (χ2v) is 8.66. The molecule has 2 nitrogen and oxygen atoms in total. The van der Waals surface area contributed by atoms with Gasteiger partial charge in [0.15, 0.2) is 0 Å². The molecule has 2 saturated carbocycles. The number of hydrogen-bond donors (Lipinski definition) is 1. The van der Waals surface area contributed by atoms with Gasteiger partial charge in [0.1, 0.15) is 0 Å². The molecule has 1 N–H and O–H groups in total. The molecule has 0 bridgehead atoms. The second kappa shape index (κ2) is 5.96. The standard InChI is InChI=1S/C18H34N2/c1-17(2)8-5-12-20(13-11-17)15-18(9-3-4-10-18)14-19-16-6-7-16/h16,19H,3-15H2,1-2H3. The fraction of sp³-hybridized carbons (Fsp3) is 1.00. The van der Waals surface area contributed by atoms with Gasteiger partial charge >= 0.3 is 0 Å². The lowest BCUT2D eigenvalue weighted by Gasteiger charge is -2.35. The maximum atomic E-state index is 3.83. The molecule has 0 unspecified atom stereocenters. The van der Waals surface area contributed by atoms with Gasteiger partial charge in [-0.15, -0.1) is 0 Å². The van der Waals surface area contributed by atoms with Crippen LogP contribution in [0.25, 0.3) is 0 Å². The minimum absolute atomic E-state index is 0.573. The van der Waals surface area contributed by atoms with Crippen molar-refractivity contribution < 1.29 is 0 Å². The number of hydrogen-bond acceptors (Lipinski definition) is 2. The lowest BCUT2D eigenvalue weighted by molar-refractivity contribution is 0.148. The third-order valence-corrected chi connectivity index (χ3v) is 6.00. The largest absolute Gasteiger partial charge is 0.313 e. The van der Waals surface area contributed by atoms with Crippen molar-refractivity contribution in [2.75, 3.05) is 26.2 Å². The van der Waals surface area contributed by atoms with Crippen LogP contribution in [0.1, 0.15) is 71.6 Å². The van der Waals surface area contributed by atoms with E-state index in [0.29, 0.717) is 10.8 Å². The Morgan fingerprint density at radius 2 is 1.70 bits per heavy atom. The fourth-order valence-corrected chi connectivity index (χ4v) is 4.28. The molecular formula is C18H34N2. The smallest absolute Gasteiger partial charge is 0.00684 e. The van der Waals surface area contributed by atoms with E-state index < -0.39 is 0 Å². The van der Waals surface area contributed by atoms with Gasteiger partial charge in [0.05, 0.1) is 0 Å². The average Bonchev–Trinajstić information content (AvgIpc) is 3.15. The molecule has 1 aliphatic heterocycles. The number of rotatable bonds is 5. The molecule has 0 radical (unpaired) electrons. The van der Waals surface area contributed by atoms with E-state index in [0.717, 1.165) is 6.04 Å². The highest BCUT2D eigenvalue weighted by molar-refractivity contribution is 4.93. The molecule has 0 spiro atoms. The first-order valence-corrected chi connectivity index (χ1v) is 9.03. The van der Waals surface area contributed by atoms with E-state index in [9.17, 15) is 0 Å². The SMILES string of the molecule is CC1(C)CCCN(CC2(CNC3CC3)CCCC2)CC1. The van der Waals surface area contributed by atoms with E-state index in [2.05, 4.69) is 24.1 Å². The van der Waals surface area contributed by atoms with Gasteiger partial charge in [0.2, 0.25) is 0 Å². The van der Waals surface area contributed by atoms with E-state index in [1.54, 1.807) is 0 Å². The monoisotopic (exact) mass is 278 g/mol. The zero-order valence-corrected chi connectivity index (χ0v) is 13.7. The Balaban J connectivity index is 1.55. The molecule has 116 valence electrons. The molecule has 0 aromatic carbocycles. The molecule has 0 amide bonds. The lowest BCUT2D eigenvalue weighted by Crippen LogP contribution is -2.43. The minimum Gasteiger partial charge on any atom is -0.313 e. The quantitative estimate of drug-likeness (QED) is 0.822. The summed E-state index contributed by atoms with van der Waals surface area (Å²) in [7, 11) is 0. The van der Waals surface area contributed by atoms with Crippen LogP contribution in [0.2, 0.25) is 0 Å². The Hall–Kier alpha value is -0.0800. The van der Waals surface area contributed by atoms with E-state index in [1.807, 2.05) is 0 Å². The summed E-state index contributed by atoms with van der Waals surface area (Å²) < 4.78 is 0. The zero-order valence-electron chi connectivity index (χ0n) is 13.7. The summed E-state index contributed by atoms with van der Waals surface area (Å²) in [4.78, 5) is 2.80. The summed E-state index contributed by atoms with van der Waals surface area (Å²) in [6, 6.07) is 0.871. The van der Waals surface area contributed by atoms with Crippen LogP contribution < -0.4 is 5.32 Å². The van der Waals surface area contributed by atoms with Gasteiger partial charge in [-0.05, 0) is 68.9 Å². The maximum absolute atomic E-state index is 3.83. The fourth-order valence-electron chi connectivity index (χ4n) is 4.28. The van der Waals surface area contributed by atoms with E-state index in [4.69, 9.17) is 0 Å². The predicted octanol–water partition coefficient (Wildman–Crippen LogP) is 3.81. The van der Waals surface area contributed by atoms with Crippen molar-refractivity contribution in [3.63, 3.8) is 0 Å². The van der Waals surface area contributed by atoms with Crippen LogP contribution in [0.5, 0.6) is 0 Å². The Labute approximate surface area is 125 Å². The first-order valence-electron chi connectivity index (χ1n) is 9.03. The highest BCUT2D eigenvalue weighted by Gasteiger charge is 2.37. The van der Waals surface area contributed by atoms with Crippen LogP contribution in [0.4, 0.5) is 0 Å². The van der Waals surface area contributed by atoms with Crippen LogP contribution in [0, 0.1) is 10.8 Å². The molecule has 3 aliphatic rings. The summed E-state index contributed by atoms with van der Waals surface area (Å²) in [5, 5.41) is 3.83. The molecular weight excluding hydrogens is 244 g/mol. The zero-order chi connectivity index (χ0) is 14.1. The van der Waals surface area contributed by atoms with Crippen molar-refractivity contribution in [2.45, 2.75) is 77.7 Å². The average molecular weight is 278 g/mol. The number of likely N-dealkylation sites (tertiary alicyclic amines) is 1. The molecule has 3 rings (SSSR count). The highest BCUT2D eigenvalue weighted by Crippen LogP contribution is 2.40. The molecule has 1 heterocycles. The van der Waals surface area contributed by atoms with E-state index in [1.165, 1.54) is 84.0 Å². The van der Waals surface area contributed by atoms with Crippen LogP contribution in [-0.2, 0) is 0 Å².